The summed E-state index contributed by atoms with van der Waals surface area (Å²) < 4.78 is 42.9. The number of nitrogens with zero attached hydrogens (tertiary/aromatic N) is 4. The minimum atomic E-state index is -3.27. The number of halogens is 3. The van der Waals surface area contributed by atoms with E-state index >= 15 is 0 Å². The molecular formula is C37H43F3N6O3. The van der Waals surface area contributed by atoms with Gasteiger partial charge in [-0.05, 0) is 106 Å². The fraction of sp³-hybridized carbons (Fsp3) is 0.459. The van der Waals surface area contributed by atoms with Crippen LogP contribution in [-0.4, -0.2) is 90.8 Å². The highest BCUT2D eigenvalue weighted by Gasteiger charge is 2.50. The molecule has 2 atom stereocenters. The number of alkyl halides is 2. The second kappa shape index (κ2) is 14.2. The molecule has 1 aromatic heterocycles. The van der Waals surface area contributed by atoms with Crippen molar-refractivity contribution in [2.24, 2.45) is 5.92 Å². The van der Waals surface area contributed by atoms with Crippen molar-refractivity contribution in [3.8, 4) is 0 Å². The zero-order chi connectivity index (χ0) is 34.9. The van der Waals surface area contributed by atoms with E-state index in [9.17, 15) is 27.6 Å². The maximum atomic E-state index is 14.7. The summed E-state index contributed by atoms with van der Waals surface area (Å²) in [6.45, 7) is 2.37. The van der Waals surface area contributed by atoms with Gasteiger partial charge in [0.1, 0.15) is 17.6 Å². The topological polar surface area (TPSA) is 97.9 Å². The van der Waals surface area contributed by atoms with Gasteiger partial charge in [0.15, 0.2) is 0 Å². The Kier molecular flexibility index (Phi) is 9.96. The van der Waals surface area contributed by atoms with Crippen LogP contribution in [0.1, 0.15) is 66.7 Å². The lowest BCUT2D eigenvalue weighted by molar-refractivity contribution is -0.138. The summed E-state index contributed by atoms with van der Waals surface area (Å²) in [5.74, 6) is -5.36. The highest BCUT2D eigenvalue weighted by molar-refractivity contribution is 5.97. The number of pyridine rings is 1. The molecule has 3 aromatic rings. The predicted molar refractivity (Wildman–Crippen MR) is 183 cm³/mol. The van der Waals surface area contributed by atoms with Crippen LogP contribution in [0.4, 0.5) is 18.9 Å². The van der Waals surface area contributed by atoms with Gasteiger partial charge in [-0.1, -0.05) is 24.3 Å². The van der Waals surface area contributed by atoms with Gasteiger partial charge in [0.25, 0.3) is 11.8 Å². The van der Waals surface area contributed by atoms with Crippen molar-refractivity contribution >= 4 is 40.4 Å². The highest BCUT2D eigenvalue weighted by atomic mass is 19.3. The van der Waals surface area contributed by atoms with Gasteiger partial charge >= 0.3 is 0 Å². The first kappa shape index (κ1) is 34.4. The number of carbonyl (C=O) groups excluding carboxylic acids is 3. The van der Waals surface area contributed by atoms with Crippen molar-refractivity contribution in [1.82, 2.24) is 25.4 Å². The van der Waals surface area contributed by atoms with E-state index in [2.05, 4.69) is 57.7 Å². The van der Waals surface area contributed by atoms with Crippen LogP contribution in [0.15, 0.2) is 54.6 Å². The van der Waals surface area contributed by atoms with E-state index in [-0.39, 0.29) is 5.69 Å². The monoisotopic (exact) mass is 676 g/mol. The van der Waals surface area contributed by atoms with E-state index in [0.717, 1.165) is 60.5 Å². The molecule has 3 aliphatic rings. The Balaban J connectivity index is 1.12. The molecule has 0 bridgehead atoms. The Bertz CT molecular complexity index is 1750. The van der Waals surface area contributed by atoms with Crippen LogP contribution in [-0.2, 0) is 9.59 Å². The van der Waals surface area contributed by atoms with Crippen molar-refractivity contribution in [2.75, 3.05) is 45.2 Å². The van der Waals surface area contributed by atoms with Gasteiger partial charge in [-0.3, -0.25) is 14.4 Å². The van der Waals surface area contributed by atoms with Crippen LogP contribution in [0, 0.1) is 11.7 Å². The Morgan fingerprint density at radius 3 is 2.55 bits per heavy atom. The van der Waals surface area contributed by atoms with Gasteiger partial charge < -0.3 is 25.3 Å². The normalized spacial score (nSPS) is 20.4. The van der Waals surface area contributed by atoms with Gasteiger partial charge in [-0.15, -0.1) is 0 Å². The van der Waals surface area contributed by atoms with Gasteiger partial charge in [0, 0.05) is 30.6 Å². The number of allylic oxidation sites excluding steroid dienone is 1. The first-order valence-electron chi connectivity index (χ1n) is 16.9. The SMILES string of the molecule is C[C@H](NC(=O)[C@@H]1CC(F)(F)CN1C(=O)CNC(=O)c1ccc2cc(F)ccc2n1)c1ccc(N(C)C2CCN(C)CC2)cc1/C=C/C1CC1. The highest BCUT2D eigenvalue weighted by Crippen LogP contribution is 2.35. The molecule has 3 heterocycles. The standard InChI is InChI=1S/C37H43F3N6O3/c1-23(30-11-10-29(19-25(30)7-6-24-4-5-24)45(3)28-14-16-44(2)17-15-28)42-36(49)33-20-37(39,40)22-46(33)34(47)21-41-35(48)32-12-8-26-18-27(38)9-13-31(26)43-32/h6-13,18-19,23-24,28,33H,4-5,14-17,20-22H2,1-3H3,(H,41,48)(H,42,49)/b7-6+/t23-,33-/m0/s1. The molecule has 2 N–H and O–H groups in total. The maximum absolute atomic E-state index is 14.7. The van der Waals surface area contributed by atoms with Crippen molar-refractivity contribution < 1.29 is 27.6 Å². The number of fused-ring (bicyclic) bond motifs is 1. The van der Waals surface area contributed by atoms with Crippen molar-refractivity contribution in [1.29, 1.82) is 0 Å². The maximum Gasteiger partial charge on any atom is 0.270 e. The molecule has 3 amide bonds. The lowest BCUT2D eigenvalue weighted by atomic mass is 9.97. The third kappa shape index (κ3) is 8.24. The minimum absolute atomic E-state index is 0.0168. The molecule has 2 aliphatic heterocycles. The number of rotatable bonds is 10. The van der Waals surface area contributed by atoms with Gasteiger partial charge in [-0.25, -0.2) is 18.2 Å². The molecule has 49 heavy (non-hydrogen) atoms. The summed E-state index contributed by atoms with van der Waals surface area (Å²) in [6.07, 6.45) is 7.90. The zero-order valence-corrected chi connectivity index (χ0v) is 28.1. The number of anilines is 1. The average Bonchev–Trinajstić information content (AvgIpc) is 3.86. The number of carbonyl (C=O) groups is 3. The van der Waals surface area contributed by atoms with Gasteiger partial charge in [0.2, 0.25) is 11.8 Å². The zero-order valence-electron chi connectivity index (χ0n) is 28.1. The van der Waals surface area contributed by atoms with Crippen molar-refractivity contribution in [3.63, 3.8) is 0 Å². The number of aromatic nitrogens is 1. The molecule has 2 saturated heterocycles. The molecule has 3 fully saturated rings. The molecule has 0 unspecified atom stereocenters. The summed E-state index contributed by atoms with van der Waals surface area (Å²) >= 11 is 0. The molecule has 9 nitrogen and oxygen atoms in total. The molecule has 0 spiro atoms. The lowest BCUT2D eigenvalue weighted by Crippen LogP contribution is -2.49. The summed E-state index contributed by atoms with van der Waals surface area (Å²) in [5.41, 5.74) is 3.25. The third-order valence-corrected chi connectivity index (χ3v) is 9.89. The van der Waals surface area contributed by atoms with E-state index in [1.807, 2.05) is 19.1 Å². The molecular weight excluding hydrogens is 633 g/mol. The quantitative estimate of drug-likeness (QED) is 0.308. The molecule has 260 valence electrons. The van der Waals surface area contributed by atoms with E-state index in [4.69, 9.17) is 0 Å². The number of hydrogen-bond donors (Lipinski definition) is 2. The first-order valence-corrected chi connectivity index (χ1v) is 16.9. The molecule has 1 aliphatic carbocycles. The fourth-order valence-electron chi connectivity index (χ4n) is 6.71. The number of amides is 3. The summed E-state index contributed by atoms with van der Waals surface area (Å²) in [5, 5.41) is 5.81. The summed E-state index contributed by atoms with van der Waals surface area (Å²) in [7, 11) is 4.25. The van der Waals surface area contributed by atoms with Crippen molar-refractivity contribution in [2.45, 2.75) is 63.1 Å². The molecule has 0 radical (unpaired) electrons. The van der Waals surface area contributed by atoms with E-state index in [1.54, 1.807) is 0 Å². The number of benzene rings is 2. The number of nitrogens with one attached hydrogen (secondary N) is 2. The number of hydrogen-bond acceptors (Lipinski definition) is 6. The number of likely N-dealkylation sites (tertiary alicyclic amines) is 2. The second-order valence-corrected chi connectivity index (χ2v) is 13.7. The van der Waals surface area contributed by atoms with Crippen LogP contribution in [0.2, 0.25) is 0 Å². The Morgan fingerprint density at radius 1 is 1.06 bits per heavy atom. The third-order valence-electron chi connectivity index (χ3n) is 9.89. The summed E-state index contributed by atoms with van der Waals surface area (Å²) in [4.78, 5) is 49.2. The van der Waals surface area contributed by atoms with Crippen LogP contribution in [0.25, 0.3) is 17.0 Å². The average molecular weight is 677 g/mol. The first-order chi connectivity index (χ1) is 23.4. The Morgan fingerprint density at radius 2 is 1.82 bits per heavy atom. The number of piperidine rings is 1. The van der Waals surface area contributed by atoms with E-state index in [0.29, 0.717) is 22.9 Å². The Hall–Kier alpha value is -4.45. The van der Waals surface area contributed by atoms with Gasteiger partial charge in [-0.2, -0.15) is 0 Å². The lowest BCUT2D eigenvalue weighted by Gasteiger charge is -2.36. The van der Waals surface area contributed by atoms with Crippen LogP contribution >= 0.6 is 0 Å². The summed E-state index contributed by atoms with van der Waals surface area (Å²) in [6, 6.07) is 11.5. The molecule has 6 rings (SSSR count). The van der Waals surface area contributed by atoms with E-state index in [1.165, 1.54) is 30.3 Å². The molecule has 12 heteroatoms. The van der Waals surface area contributed by atoms with E-state index < -0.39 is 61.1 Å². The predicted octanol–water partition coefficient (Wildman–Crippen LogP) is 5.17. The fourth-order valence-corrected chi connectivity index (χ4v) is 6.71. The smallest absolute Gasteiger partial charge is 0.270 e. The van der Waals surface area contributed by atoms with Crippen LogP contribution in [0.5, 0.6) is 0 Å². The molecule has 2 aromatic carbocycles. The molecule has 1 saturated carbocycles. The Labute approximate surface area is 284 Å². The van der Waals surface area contributed by atoms with Crippen LogP contribution < -0.4 is 15.5 Å². The van der Waals surface area contributed by atoms with Gasteiger partial charge in [0.05, 0.1) is 24.6 Å². The van der Waals surface area contributed by atoms with Crippen LogP contribution in [0.3, 0.4) is 0 Å². The second-order valence-electron chi connectivity index (χ2n) is 13.7. The largest absolute Gasteiger partial charge is 0.371 e. The van der Waals surface area contributed by atoms with Crippen molar-refractivity contribution in [3.05, 3.63) is 77.2 Å². The minimum Gasteiger partial charge on any atom is -0.371 e.